The molecule has 4 nitrogen and oxygen atoms in total. The van der Waals surface area contributed by atoms with Crippen LogP contribution in [0.25, 0.3) is 144 Å². The van der Waals surface area contributed by atoms with Gasteiger partial charge in [-0.3, -0.25) is 3.11 Å². The lowest BCUT2D eigenvalue weighted by molar-refractivity contribution is 1.18. The van der Waals surface area contributed by atoms with Crippen molar-refractivity contribution in [1.82, 2.24) is 9.13 Å². The highest BCUT2D eigenvalue weighted by Gasteiger charge is 2.20. The minimum absolute atomic E-state index is 1.09. The lowest BCUT2D eigenvalue weighted by Gasteiger charge is -2.26. The summed E-state index contributed by atoms with van der Waals surface area (Å²) in [7, 11) is 0. The Morgan fingerprint density at radius 3 is 0.579 bits per heavy atom. The van der Waals surface area contributed by atoms with Gasteiger partial charge in [-0.2, -0.15) is 0 Å². The van der Waals surface area contributed by atoms with Gasteiger partial charge in [0, 0.05) is 50.0 Å². The summed E-state index contributed by atoms with van der Waals surface area (Å²) in [6.45, 7) is 0. The molecule has 24 bridgehead atoms. The zero-order valence-corrected chi connectivity index (χ0v) is 53.9. The topological polar surface area (TPSA) is 16.3 Å². The normalized spacial score (nSPS) is 12.0. The van der Waals surface area contributed by atoms with Crippen LogP contribution in [0.1, 0.15) is 0 Å². The van der Waals surface area contributed by atoms with Crippen LogP contribution in [-0.4, -0.2) is 9.13 Å². The molecule has 0 saturated carbocycles. The summed E-state index contributed by atoms with van der Waals surface area (Å²) in [5.41, 5.74) is 31.3. The molecule has 17 aromatic rings. The fraction of sp³-hybridized carbons (Fsp3) is 0. The van der Waals surface area contributed by atoms with Crippen LogP contribution < -0.4 is 8.01 Å². The van der Waals surface area contributed by atoms with E-state index in [1.54, 1.807) is 0 Å². The van der Waals surface area contributed by atoms with Crippen molar-refractivity contribution in [3.8, 4) is 100 Å². The average Bonchev–Trinajstić information content (AvgIpc) is 1.60. The standard InChI is InChI=1S/C90H59IN4/c91-95-81-48-36-66(37-49-81)62-20-28-70(29-21-62)74-42-54-89-85(58-74)83-56-72(40-52-87(83)93(89)77-12-6-2-7-13-77)68-24-16-60(17-25-68)64-32-44-79(45-33-64)92(76-10-4-1-5-11-76)80-46-34-65(35-47-80)61-18-26-69(27-19-61)73-41-53-88-84(57-73)86-59-75(43-55-90(86)94(88)78-14-8-3-9-15-78)71-30-22-63(23-31-71)67-38-50-82(95)51-39-67/h1-59H. The maximum absolute atomic E-state index is 2.43. The number of nitrogens with zero attached hydrogens (tertiary/aromatic N) is 4. The first-order valence-electron chi connectivity index (χ1n) is 32.4. The van der Waals surface area contributed by atoms with Gasteiger partial charge < -0.3 is 14.0 Å². The number of hydrogen-bond donors (Lipinski definition) is 0. The van der Waals surface area contributed by atoms with Gasteiger partial charge in [0.2, 0.25) is 0 Å². The zero-order chi connectivity index (χ0) is 62.9. The average molecular weight is 1320 g/mol. The van der Waals surface area contributed by atoms with Gasteiger partial charge in [-0.05, 0) is 222 Å². The van der Waals surface area contributed by atoms with Crippen LogP contribution in [0.2, 0.25) is 0 Å². The van der Waals surface area contributed by atoms with Crippen molar-refractivity contribution in [2.24, 2.45) is 0 Å². The van der Waals surface area contributed by atoms with Gasteiger partial charge in [-0.25, -0.2) is 0 Å². The molecule has 13 aliphatic rings. The Labute approximate surface area is 566 Å². The van der Waals surface area contributed by atoms with E-state index >= 15 is 0 Å². The highest BCUT2D eigenvalue weighted by atomic mass is 127. The third-order valence-electron chi connectivity index (χ3n) is 19.2. The highest BCUT2D eigenvalue weighted by Crippen LogP contribution is 2.43. The maximum Gasteiger partial charge on any atom is 0.0646 e. The van der Waals surface area contributed by atoms with Gasteiger partial charge in [-0.15, -0.1) is 0 Å². The molecule has 30 rings (SSSR count). The van der Waals surface area contributed by atoms with Crippen molar-refractivity contribution < 1.29 is 0 Å². The van der Waals surface area contributed by atoms with Gasteiger partial charge in [0.25, 0.3) is 0 Å². The first-order chi connectivity index (χ1) is 47.0. The molecule has 0 saturated heterocycles. The molecule has 0 amide bonds. The number of rotatable bonds is 3. The van der Waals surface area contributed by atoms with Gasteiger partial charge in [-0.1, -0.05) is 224 Å². The maximum atomic E-state index is 2.43. The molecule has 5 heteroatoms. The summed E-state index contributed by atoms with van der Waals surface area (Å²) < 4.78 is 7.03. The number of anilines is 5. The van der Waals surface area contributed by atoms with Crippen LogP contribution >= 0.6 is 22.9 Å². The Bertz CT molecular complexity index is 5350. The van der Waals surface area contributed by atoms with E-state index in [2.05, 4.69) is 398 Å². The van der Waals surface area contributed by atoms with Crippen LogP contribution in [0.3, 0.4) is 0 Å². The molecular formula is C90H59IN4. The first-order valence-corrected chi connectivity index (χ1v) is 33.3. The molecule has 0 N–H and O–H groups in total. The summed E-state index contributed by atoms with van der Waals surface area (Å²) in [5.74, 6) is 0. The first kappa shape index (κ1) is 56.0. The minimum Gasteiger partial charge on any atom is -0.311 e. The number of benzene rings is 15. The molecule has 0 atom stereocenters. The van der Waals surface area contributed by atoms with Crippen molar-refractivity contribution in [2.45, 2.75) is 0 Å². The Balaban J connectivity index is 0.718. The van der Waals surface area contributed by atoms with Crippen LogP contribution in [0.15, 0.2) is 358 Å². The molecule has 446 valence electrons. The fourth-order valence-corrected chi connectivity index (χ4v) is 14.9. The van der Waals surface area contributed by atoms with E-state index in [9.17, 15) is 0 Å². The van der Waals surface area contributed by atoms with Crippen LogP contribution in [0.4, 0.5) is 28.4 Å². The van der Waals surface area contributed by atoms with E-state index < -0.39 is 0 Å². The molecule has 15 aromatic carbocycles. The van der Waals surface area contributed by atoms with Gasteiger partial charge in [0.05, 0.1) is 56.3 Å². The molecule has 0 unspecified atom stereocenters. The molecule has 0 spiro atoms. The summed E-state index contributed by atoms with van der Waals surface area (Å²) in [5, 5.41) is 4.88. The zero-order valence-electron chi connectivity index (χ0n) is 51.7. The molecule has 0 radical (unpaired) electrons. The van der Waals surface area contributed by atoms with Crippen LogP contribution in [0.5, 0.6) is 0 Å². The number of para-hydroxylation sites is 3. The third-order valence-corrected chi connectivity index (χ3v) is 20.3. The Morgan fingerprint density at radius 1 is 0.158 bits per heavy atom. The number of aromatic nitrogens is 2. The molecule has 13 aliphatic heterocycles. The van der Waals surface area contributed by atoms with E-state index in [0.717, 1.165) is 50.9 Å². The van der Waals surface area contributed by atoms with Crippen molar-refractivity contribution in [3.05, 3.63) is 358 Å². The van der Waals surface area contributed by atoms with Gasteiger partial charge >= 0.3 is 0 Å². The monoisotopic (exact) mass is 1320 g/mol. The predicted molar refractivity (Wildman–Crippen MR) is 409 cm³/mol. The second-order valence-corrected chi connectivity index (χ2v) is 25.7. The quantitative estimate of drug-likeness (QED) is 0.129. The molecule has 2 aromatic heterocycles. The van der Waals surface area contributed by atoms with Gasteiger partial charge in [0.15, 0.2) is 0 Å². The SMILES string of the molecule is IN1c2ccc(cc2)-c2ccc(cc2)-c2ccc3c(c2)c2cc(ccc2n3-c2ccccc2)-c2ccc(cc2)-c2ccc(cc2)N(c2ccccc2)c2ccc(cc2)-c2ccc(cc2)-c2ccc3c(c2)c2cc(ccc2n3-c2ccccc2)-c2ccc(cc2)-c2ccc1cc2. The third kappa shape index (κ3) is 10.2. The van der Waals surface area contributed by atoms with Crippen molar-refractivity contribution in [2.75, 3.05) is 8.01 Å². The molecule has 0 fully saturated rings. The summed E-state index contributed by atoms with van der Waals surface area (Å²) >= 11 is 2.43. The van der Waals surface area contributed by atoms with Gasteiger partial charge in [0.1, 0.15) is 0 Å². The lowest BCUT2D eigenvalue weighted by atomic mass is 9.97. The van der Waals surface area contributed by atoms with E-state index in [1.807, 2.05) is 0 Å². The van der Waals surface area contributed by atoms with Crippen LogP contribution in [0, 0.1) is 0 Å². The molecule has 0 aliphatic carbocycles. The highest BCUT2D eigenvalue weighted by molar-refractivity contribution is 14.1. The largest absolute Gasteiger partial charge is 0.311 e. The number of hydrogen-bond acceptors (Lipinski definition) is 2. The molecular weight excluding hydrogens is 1260 g/mol. The summed E-state index contributed by atoms with van der Waals surface area (Å²) in [4.78, 5) is 2.34. The van der Waals surface area contributed by atoms with E-state index in [-0.39, 0.29) is 0 Å². The van der Waals surface area contributed by atoms with Crippen molar-refractivity contribution >= 4 is 94.9 Å². The second kappa shape index (κ2) is 23.4. The smallest absolute Gasteiger partial charge is 0.0646 e. The van der Waals surface area contributed by atoms with E-state index in [4.69, 9.17) is 0 Å². The van der Waals surface area contributed by atoms with Crippen molar-refractivity contribution in [1.29, 1.82) is 0 Å². The predicted octanol–water partition coefficient (Wildman–Crippen LogP) is 25.5. The summed E-state index contributed by atoms with van der Waals surface area (Å²) in [6.07, 6.45) is 0. The lowest BCUT2D eigenvalue weighted by Crippen LogP contribution is -2.09. The van der Waals surface area contributed by atoms with Crippen molar-refractivity contribution in [3.63, 3.8) is 0 Å². The Hall–Kier alpha value is -11.8. The van der Waals surface area contributed by atoms with E-state index in [0.29, 0.717) is 0 Å². The minimum atomic E-state index is 1.09. The summed E-state index contributed by atoms with van der Waals surface area (Å²) in [6, 6.07) is 132. The van der Waals surface area contributed by atoms with Crippen LogP contribution in [-0.2, 0) is 0 Å². The Kier molecular flexibility index (Phi) is 13.8. The fourth-order valence-electron chi connectivity index (χ4n) is 14.2. The second-order valence-electron chi connectivity index (χ2n) is 24.7. The Morgan fingerprint density at radius 2 is 0.337 bits per heavy atom. The molecule has 15 heterocycles. The molecule has 95 heavy (non-hydrogen) atoms. The number of halogens is 1. The van der Waals surface area contributed by atoms with E-state index in [1.165, 1.54) is 122 Å².